The number of hydroxylamine groups is 1. The lowest BCUT2D eigenvalue weighted by atomic mass is 10.3. The lowest BCUT2D eigenvalue weighted by Gasteiger charge is -1.93. The zero-order valence-corrected chi connectivity index (χ0v) is 7.42. The largest absolute Gasteiger partial charge is 0.392 e. The molecule has 0 saturated heterocycles. The van der Waals surface area contributed by atoms with Crippen molar-refractivity contribution in [2.24, 2.45) is 0 Å². The maximum absolute atomic E-state index is 10.9. The summed E-state index contributed by atoms with van der Waals surface area (Å²) in [6.45, 7) is 0.449. The van der Waals surface area contributed by atoms with Crippen LogP contribution in [0.5, 0.6) is 0 Å². The SMILES string of the molecule is O=C(NO)c1cnn(C/C=C\CO)c1. The molecule has 6 heteroatoms. The van der Waals surface area contributed by atoms with Gasteiger partial charge in [0.05, 0.1) is 24.9 Å². The van der Waals surface area contributed by atoms with Gasteiger partial charge in [-0.15, -0.1) is 0 Å². The maximum atomic E-state index is 10.9. The quantitative estimate of drug-likeness (QED) is 0.346. The molecule has 0 saturated carbocycles. The van der Waals surface area contributed by atoms with E-state index in [9.17, 15) is 4.79 Å². The molecule has 0 unspecified atom stereocenters. The van der Waals surface area contributed by atoms with E-state index in [4.69, 9.17) is 10.3 Å². The van der Waals surface area contributed by atoms with Gasteiger partial charge in [0.2, 0.25) is 0 Å². The summed E-state index contributed by atoms with van der Waals surface area (Å²) in [6, 6.07) is 0. The Hall–Kier alpha value is -1.66. The predicted molar refractivity (Wildman–Crippen MR) is 47.7 cm³/mol. The number of hydrogen-bond acceptors (Lipinski definition) is 4. The first-order chi connectivity index (χ1) is 6.77. The Labute approximate surface area is 80.4 Å². The minimum absolute atomic E-state index is 0.0226. The van der Waals surface area contributed by atoms with E-state index >= 15 is 0 Å². The third kappa shape index (κ3) is 2.68. The summed E-state index contributed by atoms with van der Waals surface area (Å²) in [4.78, 5) is 10.9. The van der Waals surface area contributed by atoms with Gasteiger partial charge >= 0.3 is 0 Å². The Bertz CT molecular complexity index is 332. The number of carbonyl (C=O) groups is 1. The van der Waals surface area contributed by atoms with Gasteiger partial charge in [0.15, 0.2) is 0 Å². The highest BCUT2D eigenvalue weighted by Crippen LogP contribution is 1.97. The number of amides is 1. The molecule has 0 aliphatic heterocycles. The lowest BCUT2D eigenvalue weighted by Crippen LogP contribution is -2.17. The Morgan fingerprint density at radius 2 is 2.43 bits per heavy atom. The van der Waals surface area contributed by atoms with Crippen molar-refractivity contribution < 1.29 is 15.1 Å². The zero-order valence-electron chi connectivity index (χ0n) is 7.42. The molecule has 0 aliphatic rings. The zero-order chi connectivity index (χ0) is 10.4. The normalized spacial score (nSPS) is 10.7. The predicted octanol–water partition coefficient (Wildman–Crippen LogP) is -0.449. The second kappa shape index (κ2) is 5.15. The average Bonchev–Trinajstić information content (AvgIpc) is 2.66. The van der Waals surface area contributed by atoms with Gasteiger partial charge in [-0.25, -0.2) is 5.48 Å². The first kappa shape index (κ1) is 10.4. The van der Waals surface area contributed by atoms with Crippen LogP contribution in [0.4, 0.5) is 0 Å². The molecule has 1 aromatic heterocycles. The number of nitrogens with zero attached hydrogens (tertiary/aromatic N) is 2. The second-order valence-corrected chi connectivity index (χ2v) is 2.55. The van der Waals surface area contributed by atoms with Gasteiger partial charge in [-0.1, -0.05) is 12.2 Å². The second-order valence-electron chi connectivity index (χ2n) is 2.55. The number of carbonyl (C=O) groups excluding carboxylic acids is 1. The standard InChI is InChI=1S/C8H11N3O3/c12-4-2-1-3-11-6-7(5-9-11)8(13)10-14/h1-2,5-6,12,14H,3-4H2,(H,10,13)/b2-1-. The molecular formula is C8H11N3O3. The van der Waals surface area contributed by atoms with Gasteiger partial charge in [0.1, 0.15) is 0 Å². The third-order valence-corrected chi connectivity index (χ3v) is 1.56. The van der Waals surface area contributed by atoms with Gasteiger partial charge in [-0.05, 0) is 0 Å². The number of rotatable bonds is 4. The van der Waals surface area contributed by atoms with Crippen molar-refractivity contribution in [1.82, 2.24) is 15.3 Å². The number of allylic oxidation sites excluding steroid dienone is 1. The van der Waals surface area contributed by atoms with Crippen LogP contribution >= 0.6 is 0 Å². The molecule has 1 amide bonds. The van der Waals surface area contributed by atoms with Gasteiger partial charge in [-0.3, -0.25) is 14.7 Å². The van der Waals surface area contributed by atoms with Gasteiger partial charge in [-0.2, -0.15) is 5.10 Å². The molecule has 0 spiro atoms. The summed E-state index contributed by atoms with van der Waals surface area (Å²) in [5.74, 6) is -0.595. The highest BCUT2D eigenvalue weighted by molar-refractivity contribution is 5.92. The molecular weight excluding hydrogens is 186 g/mol. The molecule has 0 bridgehead atoms. The van der Waals surface area contributed by atoms with Crippen molar-refractivity contribution in [1.29, 1.82) is 0 Å². The van der Waals surface area contributed by atoms with E-state index in [1.54, 1.807) is 12.2 Å². The maximum Gasteiger partial charge on any atom is 0.277 e. The minimum Gasteiger partial charge on any atom is -0.392 e. The Balaban J connectivity index is 2.59. The van der Waals surface area contributed by atoms with Crippen LogP contribution in [0.15, 0.2) is 24.5 Å². The molecule has 0 fully saturated rings. The van der Waals surface area contributed by atoms with Crippen molar-refractivity contribution in [3.8, 4) is 0 Å². The van der Waals surface area contributed by atoms with E-state index in [2.05, 4.69) is 5.10 Å². The van der Waals surface area contributed by atoms with Gasteiger partial charge in [0, 0.05) is 6.20 Å². The monoisotopic (exact) mass is 197 g/mol. The molecule has 0 radical (unpaired) electrons. The molecule has 76 valence electrons. The summed E-state index contributed by atoms with van der Waals surface area (Å²) in [6.07, 6.45) is 6.13. The van der Waals surface area contributed by atoms with Crippen LogP contribution in [0.3, 0.4) is 0 Å². The van der Waals surface area contributed by atoms with Crippen LogP contribution in [0.1, 0.15) is 10.4 Å². The van der Waals surface area contributed by atoms with Crippen LogP contribution in [-0.2, 0) is 6.54 Å². The molecule has 14 heavy (non-hydrogen) atoms. The Morgan fingerprint density at radius 1 is 1.64 bits per heavy atom. The van der Waals surface area contributed by atoms with Gasteiger partial charge in [0.25, 0.3) is 5.91 Å². The fourth-order valence-corrected chi connectivity index (χ4v) is 0.902. The molecule has 0 atom stereocenters. The van der Waals surface area contributed by atoms with Crippen LogP contribution in [0.25, 0.3) is 0 Å². The first-order valence-corrected chi connectivity index (χ1v) is 4.00. The van der Waals surface area contributed by atoms with E-state index in [0.29, 0.717) is 6.54 Å². The van der Waals surface area contributed by atoms with E-state index < -0.39 is 5.91 Å². The Morgan fingerprint density at radius 3 is 3.07 bits per heavy atom. The smallest absolute Gasteiger partial charge is 0.277 e. The van der Waals surface area contributed by atoms with Crippen molar-refractivity contribution in [3.63, 3.8) is 0 Å². The average molecular weight is 197 g/mol. The van der Waals surface area contributed by atoms with Gasteiger partial charge < -0.3 is 5.11 Å². The summed E-state index contributed by atoms with van der Waals surface area (Å²) < 4.78 is 1.51. The van der Waals surface area contributed by atoms with Crippen molar-refractivity contribution >= 4 is 5.91 Å². The number of aromatic nitrogens is 2. The fraction of sp³-hybridized carbons (Fsp3) is 0.250. The van der Waals surface area contributed by atoms with Crippen LogP contribution in [0, 0.1) is 0 Å². The molecule has 0 aromatic carbocycles. The number of aliphatic hydroxyl groups is 1. The Kier molecular flexibility index (Phi) is 3.84. The molecule has 6 nitrogen and oxygen atoms in total. The van der Waals surface area contributed by atoms with E-state index in [1.165, 1.54) is 22.6 Å². The summed E-state index contributed by atoms with van der Waals surface area (Å²) in [5.41, 5.74) is 1.79. The van der Waals surface area contributed by atoms with Crippen LogP contribution in [-0.4, -0.2) is 32.6 Å². The number of nitrogens with one attached hydrogen (secondary N) is 1. The first-order valence-electron chi connectivity index (χ1n) is 4.00. The van der Waals surface area contributed by atoms with Crippen molar-refractivity contribution in [2.45, 2.75) is 6.54 Å². The third-order valence-electron chi connectivity index (χ3n) is 1.56. The van der Waals surface area contributed by atoms with E-state index in [0.717, 1.165) is 0 Å². The number of aliphatic hydroxyl groups excluding tert-OH is 1. The molecule has 1 heterocycles. The minimum atomic E-state index is -0.595. The van der Waals surface area contributed by atoms with Crippen LogP contribution < -0.4 is 5.48 Å². The van der Waals surface area contributed by atoms with E-state index in [1.807, 2.05) is 0 Å². The van der Waals surface area contributed by atoms with E-state index in [-0.39, 0.29) is 12.2 Å². The number of hydrogen-bond donors (Lipinski definition) is 3. The summed E-state index contributed by atoms with van der Waals surface area (Å²) >= 11 is 0. The summed E-state index contributed by atoms with van der Waals surface area (Å²) in [7, 11) is 0. The fourth-order valence-electron chi connectivity index (χ4n) is 0.902. The highest BCUT2D eigenvalue weighted by Gasteiger charge is 2.05. The molecule has 1 rings (SSSR count). The van der Waals surface area contributed by atoms with Crippen molar-refractivity contribution in [3.05, 3.63) is 30.1 Å². The lowest BCUT2D eigenvalue weighted by molar-refractivity contribution is 0.0706. The molecule has 3 N–H and O–H groups in total. The van der Waals surface area contributed by atoms with Crippen molar-refractivity contribution in [2.75, 3.05) is 6.61 Å². The van der Waals surface area contributed by atoms with Crippen LogP contribution in [0.2, 0.25) is 0 Å². The molecule has 0 aliphatic carbocycles. The summed E-state index contributed by atoms with van der Waals surface area (Å²) in [5, 5.41) is 20.7. The molecule has 1 aromatic rings. The highest BCUT2D eigenvalue weighted by atomic mass is 16.5. The topological polar surface area (TPSA) is 87.4 Å².